The molecule has 0 aliphatic heterocycles. The van der Waals surface area contributed by atoms with Gasteiger partial charge < -0.3 is 5.32 Å². The summed E-state index contributed by atoms with van der Waals surface area (Å²) in [6.07, 6.45) is 14.4. The molecule has 1 aliphatic carbocycles. The van der Waals surface area contributed by atoms with Gasteiger partial charge in [0.2, 0.25) is 0 Å². The van der Waals surface area contributed by atoms with Crippen LogP contribution in [0.4, 0.5) is 0 Å². The van der Waals surface area contributed by atoms with E-state index < -0.39 is 0 Å². The molecule has 0 aromatic carbocycles. The van der Waals surface area contributed by atoms with Crippen LogP contribution in [0, 0.1) is 11.8 Å². The first-order valence-corrected chi connectivity index (χ1v) is 8.55. The molecule has 1 unspecified atom stereocenters. The van der Waals surface area contributed by atoms with E-state index in [1.54, 1.807) is 0 Å². The molecular weight excluding hydrogens is 218 g/mol. The highest BCUT2D eigenvalue weighted by Crippen LogP contribution is 2.31. The highest BCUT2D eigenvalue weighted by molar-refractivity contribution is 4.78. The summed E-state index contributed by atoms with van der Waals surface area (Å²) in [6.45, 7) is 8.07. The van der Waals surface area contributed by atoms with Gasteiger partial charge in [-0.2, -0.15) is 0 Å². The van der Waals surface area contributed by atoms with E-state index in [0.717, 1.165) is 24.4 Å². The molecule has 1 saturated carbocycles. The highest BCUT2D eigenvalue weighted by Gasteiger charge is 2.22. The minimum absolute atomic E-state index is 0.787. The van der Waals surface area contributed by atoms with Gasteiger partial charge in [-0.15, -0.1) is 0 Å². The van der Waals surface area contributed by atoms with E-state index in [9.17, 15) is 0 Å². The standard InChI is InChI=1S/C17H35N/c1-4-9-16(10-5-2)17(18-6-3)14-13-15-11-7-8-12-15/h15-18H,4-14H2,1-3H3. The normalized spacial score (nSPS) is 18.7. The zero-order valence-corrected chi connectivity index (χ0v) is 13.0. The van der Waals surface area contributed by atoms with Crippen LogP contribution >= 0.6 is 0 Å². The van der Waals surface area contributed by atoms with Gasteiger partial charge in [-0.05, 0) is 44.1 Å². The quantitative estimate of drug-likeness (QED) is 0.567. The van der Waals surface area contributed by atoms with Gasteiger partial charge in [-0.1, -0.05) is 59.3 Å². The van der Waals surface area contributed by atoms with Gasteiger partial charge in [0.05, 0.1) is 0 Å². The summed E-state index contributed by atoms with van der Waals surface area (Å²) >= 11 is 0. The predicted octanol–water partition coefficient (Wildman–Crippen LogP) is 5.15. The molecule has 0 amide bonds. The molecular formula is C17H35N. The Labute approximate surface area is 115 Å². The van der Waals surface area contributed by atoms with E-state index in [-0.39, 0.29) is 0 Å². The lowest BCUT2D eigenvalue weighted by Gasteiger charge is -2.28. The monoisotopic (exact) mass is 253 g/mol. The lowest BCUT2D eigenvalue weighted by Crippen LogP contribution is -2.36. The lowest BCUT2D eigenvalue weighted by atomic mass is 9.85. The Bertz CT molecular complexity index is 178. The van der Waals surface area contributed by atoms with Crippen molar-refractivity contribution in [3.8, 4) is 0 Å². The van der Waals surface area contributed by atoms with Crippen molar-refractivity contribution in [2.75, 3.05) is 6.54 Å². The van der Waals surface area contributed by atoms with E-state index in [4.69, 9.17) is 0 Å². The highest BCUT2D eigenvalue weighted by atomic mass is 14.9. The molecule has 0 radical (unpaired) electrons. The second-order valence-corrected chi connectivity index (χ2v) is 6.23. The fourth-order valence-electron chi connectivity index (χ4n) is 3.77. The third-order valence-corrected chi connectivity index (χ3v) is 4.71. The van der Waals surface area contributed by atoms with Gasteiger partial charge >= 0.3 is 0 Å². The first-order chi connectivity index (χ1) is 8.81. The molecule has 0 spiro atoms. The van der Waals surface area contributed by atoms with Gasteiger partial charge in [0, 0.05) is 6.04 Å². The van der Waals surface area contributed by atoms with Crippen LogP contribution < -0.4 is 5.32 Å². The molecule has 1 nitrogen and oxygen atoms in total. The maximum Gasteiger partial charge on any atom is 0.00953 e. The van der Waals surface area contributed by atoms with Crippen molar-refractivity contribution in [1.82, 2.24) is 5.32 Å². The van der Waals surface area contributed by atoms with Crippen LogP contribution in [0.15, 0.2) is 0 Å². The Morgan fingerprint density at radius 1 is 0.944 bits per heavy atom. The van der Waals surface area contributed by atoms with E-state index in [2.05, 4.69) is 26.1 Å². The van der Waals surface area contributed by atoms with Gasteiger partial charge in [0.1, 0.15) is 0 Å². The van der Waals surface area contributed by atoms with Gasteiger partial charge in [-0.25, -0.2) is 0 Å². The summed E-state index contributed by atoms with van der Waals surface area (Å²) in [5.74, 6) is 1.97. The van der Waals surface area contributed by atoms with Crippen molar-refractivity contribution in [1.29, 1.82) is 0 Å². The van der Waals surface area contributed by atoms with Crippen LogP contribution in [-0.4, -0.2) is 12.6 Å². The summed E-state index contributed by atoms with van der Waals surface area (Å²) in [6, 6.07) is 0.787. The molecule has 1 fully saturated rings. The third-order valence-electron chi connectivity index (χ3n) is 4.71. The molecule has 108 valence electrons. The number of hydrogen-bond acceptors (Lipinski definition) is 1. The fourth-order valence-corrected chi connectivity index (χ4v) is 3.77. The first-order valence-electron chi connectivity index (χ1n) is 8.55. The second kappa shape index (κ2) is 9.83. The average Bonchev–Trinajstić information content (AvgIpc) is 2.87. The van der Waals surface area contributed by atoms with E-state index in [1.807, 2.05) is 0 Å². The molecule has 1 aliphatic rings. The van der Waals surface area contributed by atoms with Crippen molar-refractivity contribution in [2.24, 2.45) is 11.8 Å². The first kappa shape index (κ1) is 16.0. The predicted molar refractivity (Wildman–Crippen MR) is 82.0 cm³/mol. The Kier molecular flexibility index (Phi) is 8.75. The largest absolute Gasteiger partial charge is 0.314 e. The van der Waals surface area contributed by atoms with Crippen LogP contribution in [0.2, 0.25) is 0 Å². The van der Waals surface area contributed by atoms with Crippen LogP contribution in [0.3, 0.4) is 0 Å². The Morgan fingerprint density at radius 3 is 2.06 bits per heavy atom. The zero-order valence-electron chi connectivity index (χ0n) is 13.0. The van der Waals surface area contributed by atoms with Crippen LogP contribution in [-0.2, 0) is 0 Å². The van der Waals surface area contributed by atoms with Gasteiger partial charge in [0.15, 0.2) is 0 Å². The minimum Gasteiger partial charge on any atom is -0.314 e. The number of rotatable bonds is 10. The van der Waals surface area contributed by atoms with Crippen molar-refractivity contribution in [3.05, 3.63) is 0 Å². The summed E-state index contributed by atoms with van der Waals surface area (Å²) < 4.78 is 0. The van der Waals surface area contributed by atoms with Crippen molar-refractivity contribution >= 4 is 0 Å². The Balaban J connectivity index is 2.38. The SMILES string of the molecule is CCCC(CCC)C(CCC1CCCC1)NCC. The molecule has 0 bridgehead atoms. The minimum atomic E-state index is 0.787. The van der Waals surface area contributed by atoms with Crippen molar-refractivity contribution < 1.29 is 0 Å². The number of nitrogens with one attached hydrogen (secondary N) is 1. The van der Waals surface area contributed by atoms with Crippen LogP contribution in [0.5, 0.6) is 0 Å². The number of hydrogen-bond donors (Lipinski definition) is 1. The molecule has 1 rings (SSSR count). The van der Waals surface area contributed by atoms with Crippen LogP contribution in [0.25, 0.3) is 0 Å². The molecule has 18 heavy (non-hydrogen) atoms. The summed E-state index contributed by atoms with van der Waals surface area (Å²) in [7, 11) is 0. The smallest absolute Gasteiger partial charge is 0.00953 e. The fraction of sp³-hybridized carbons (Fsp3) is 1.00. The van der Waals surface area contributed by atoms with E-state index in [0.29, 0.717) is 0 Å². The van der Waals surface area contributed by atoms with Crippen LogP contribution in [0.1, 0.15) is 85.0 Å². The molecule has 1 atom stereocenters. The maximum atomic E-state index is 3.78. The molecule has 1 N–H and O–H groups in total. The summed E-state index contributed by atoms with van der Waals surface area (Å²) in [5.41, 5.74) is 0. The lowest BCUT2D eigenvalue weighted by molar-refractivity contribution is 0.281. The molecule has 0 aromatic heterocycles. The van der Waals surface area contributed by atoms with E-state index in [1.165, 1.54) is 64.2 Å². The maximum absolute atomic E-state index is 3.78. The van der Waals surface area contributed by atoms with Gasteiger partial charge in [0.25, 0.3) is 0 Å². The Morgan fingerprint density at radius 2 is 1.56 bits per heavy atom. The van der Waals surface area contributed by atoms with E-state index >= 15 is 0 Å². The molecule has 0 heterocycles. The summed E-state index contributed by atoms with van der Waals surface area (Å²) in [4.78, 5) is 0. The zero-order chi connectivity index (χ0) is 13.2. The molecule has 0 aromatic rings. The second-order valence-electron chi connectivity index (χ2n) is 6.23. The molecule has 0 saturated heterocycles. The van der Waals surface area contributed by atoms with Crippen molar-refractivity contribution in [2.45, 2.75) is 91.0 Å². The average molecular weight is 253 g/mol. The van der Waals surface area contributed by atoms with Crippen molar-refractivity contribution in [3.63, 3.8) is 0 Å². The Hall–Kier alpha value is -0.0400. The molecule has 1 heteroatoms. The topological polar surface area (TPSA) is 12.0 Å². The third kappa shape index (κ3) is 5.73. The summed E-state index contributed by atoms with van der Waals surface area (Å²) in [5, 5.41) is 3.78. The van der Waals surface area contributed by atoms with Gasteiger partial charge in [-0.3, -0.25) is 0 Å².